The first kappa shape index (κ1) is 47.9. The molecule has 2 saturated heterocycles. The maximum atomic E-state index is 13.4. The van der Waals surface area contributed by atoms with Gasteiger partial charge in [-0.1, -0.05) is 27.7 Å². The number of aromatic nitrogens is 1. The summed E-state index contributed by atoms with van der Waals surface area (Å²) in [5.74, 6) is 0.293. The first-order valence-electron chi connectivity index (χ1n) is 22.4. The summed E-state index contributed by atoms with van der Waals surface area (Å²) < 4.78 is 6.30. The van der Waals surface area contributed by atoms with Crippen LogP contribution in [-0.2, 0) is 9.59 Å². The van der Waals surface area contributed by atoms with Crippen molar-refractivity contribution in [1.29, 1.82) is 5.26 Å². The average molecular weight is 887 g/mol. The number of nitrogens with one attached hydrogen (secondary N) is 2. The summed E-state index contributed by atoms with van der Waals surface area (Å²) >= 11 is 0. The summed E-state index contributed by atoms with van der Waals surface area (Å²) in [6.07, 6.45) is 5.06. The number of amides is 3. The number of H-pyrrole nitrogens is 1. The van der Waals surface area contributed by atoms with Crippen LogP contribution >= 0.6 is 0 Å². The average Bonchev–Trinajstić information content (AvgIpc) is 3.30. The molecule has 1 atom stereocenters. The lowest BCUT2D eigenvalue weighted by atomic mass is 9.53. The van der Waals surface area contributed by atoms with Crippen molar-refractivity contribution in [2.24, 2.45) is 22.5 Å². The van der Waals surface area contributed by atoms with Crippen LogP contribution in [0.15, 0.2) is 71.5 Å². The van der Waals surface area contributed by atoms with Crippen molar-refractivity contribution >= 4 is 52.6 Å². The first-order chi connectivity index (χ1) is 31.0. The molecular weight excluding hydrogens is 825 g/mol. The van der Waals surface area contributed by atoms with Crippen molar-refractivity contribution in [3.05, 3.63) is 99.3 Å². The third kappa shape index (κ3) is 11.2. The Morgan fingerprint density at radius 3 is 2.15 bits per heavy atom. The molecule has 1 aliphatic carbocycles. The van der Waals surface area contributed by atoms with Crippen LogP contribution in [0.2, 0.25) is 0 Å². The van der Waals surface area contributed by atoms with E-state index in [2.05, 4.69) is 58.8 Å². The van der Waals surface area contributed by atoms with E-state index in [0.29, 0.717) is 35.1 Å². The molecule has 0 radical (unpaired) electrons. The fraction of sp³-hybridized carbons (Fsp3) is 0.460. The third-order valence-corrected chi connectivity index (χ3v) is 13.3. The molecule has 1 aromatic heterocycles. The highest BCUT2D eigenvalue weighted by Crippen LogP contribution is 2.55. The molecule has 2 aliphatic heterocycles. The second-order valence-corrected chi connectivity index (χ2v) is 18.8. The van der Waals surface area contributed by atoms with Gasteiger partial charge in [0, 0.05) is 111 Å². The van der Waals surface area contributed by atoms with Crippen molar-refractivity contribution in [3.63, 3.8) is 0 Å². The number of hydrogen-bond acceptors (Lipinski definition) is 11. The van der Waals surface area contributed by atoms with Gasteiger partial charge in [0.05, 0.1) is 22.7 Å². The maximum Gasteiger partial charge on any atom is 0.255 e. The van der Waals surface area contributed by atoms with Gasteiger partial charge in [-0.05, 0) is 92.3 Å². The number of carbonyl (C=O) groups is 5. The monoisotopic (exact) mass is 886 g/mol. The van der Waals surface area contributed by atoms with E-state index in [-0.39, 0.29) is 52.4 Å². The van der Waals surface area contributed by atoms with Crippen molar-refractivity contribution < 1.29 is 28.7 Å². The van der Waals surface area contributed by atoms with E-state index in [1.54, 1.807) is 36.4 Å². The van der Waals surface area contributed by atoms with Crippen LogP contribution in [0.3, 0.4) is 0 Å². The van der Waals surface area contributed by atoms with Gasteiger partial charge in [-0.2, -0.15) is 5.26 Å². The zero-order valence-electron chi connectivity index (χ0n) is 38.4. The zero-order valence-corrected chi connectivity index (χ0v) is 38.4. The predicted octanol–water partition coefficient (Wildman–Crippen LogP) is 5.41. The SMILES string of the molecule is CC1(C)CC(C)(C)C1Oc1ccc(C#N)c2[nH]c(=O)ccc12.CNC(=O)CCC(C=O)N(C)C(=O)c1cc(N2CCN(CC3CCN(c4ccc(C(N)=O)cc4)CC3)CC2)ccc1C=O. The number of aldehydes is 2. The number of nitrogens with two attached hydrogens (primary N) is 1. The van der Waals surface area contributed by atoms with Crippen molar-refractivity contribution in [1.82, 2.24) is 20.1 Å². The van der Waals surface area contributed by atoms with E-state index in [1.165, 1.54) is 25.1 Å². The summed E-state index contributed by atoms with van der Waals surface area (Å²) in [4.78, 5) is 82.5. The van der Waals surface area contributed by atoms with Gasteiger partial charge in [0.1, 0.15) is 24.2 Å². The summed E-state index contributed by atoms with van der Waals surface area (Å²) in [6, 6.07) is 20.8. The topological polar surface area (TPSA) is 202 Å². The molecule has 15 heteroatoms. The molecule has 0 bridgehead atoms. The van der Waals surface area contributed by atoms with Crippen LogP contribution in [0.4, 0.5) is 11.4 Å². The minimum atomic E-state index is -0.772. The Morgan fingerprint density at radius 1 is 0.923 bits per heavy atom. The van der Waals surface area contributed by atoms with E-state index in [4.69, 9.17) is 10.5 Å². The number of carbonyl (C=O) groups excluding carboxylic acids is 5. The second kappa shape index (κ2) is 20.5. The second-order valence-electron chi connectivity index (χ2n) is 18.8. The number of rotatable bonds is 14. The molecule has 3 fully saturated rings. The van der Waals surface area contributed by atoms with Gasteiger partial charge in [-0.3, -0.25) is 28.9 Å². The smallest absolute Gasteiger partial charge is 0.255 e. The third-order valence-electron chi connectivity index (χ3n) is 13.3. The number of pyridine rings is 1. The van der Waals surface area contributed by atoms with E-state index >= 15 is 0 Å². The Hall–Kier alpha value is -6.53. The number of ether oxygens (including phenoxy) is 1. The van der Waals surface area contributed by atoms with Crippen LogP contribution in [0.1, 0.15) is 96.4 Å². The fourth-order valence-electron chi connectivity index (χ4n) is 10.0. The van der Waals surface area contributed by atoms with E-state index in [0.717, 1.165) is 87.6 Å². The highest BCUT2D eigenvalue weighted by atomic mass is 16.5. The normalized spacial score (nSPS) is 17.7. The predicted molar refractivity (Wildman–Crippen MR) is 252 cm³/mol. The highest BCUT2D eigenvalue weighted by Gasteiger charge is 2.55. The van der Waals surface area contributed by atoms with Crippen LogP contribution in [0, 0.1) is 28.1 Å². The molecule has 3 aliphatic rings. The molecule has 65 heavy (non-hydrogen) atoms. The van der Waals surface area contributed by atoms with Gasteiger partial charge in [0.2, 0.25) is 17.4 Å². The molecule has 344 valence electrons. The number of nitriles is 1. The lowest BCUT2D eigenvalue weighted by Gasteiger charge is -2.56. The van der Waals surface area contributed by atoms with Crippen LogP contribution in [0.25, 0.3) is 10.9 Å². The van der Waals surface area contributed by atoms with Gasteiger partial charge < -0.3 is 40.3 Å². The number of fused-ring (bicyclic) bond motifs is 1. The van der Waals surface area contributed by atoms with E-state index < -0.39 is 17.9 Å². The molecule has 3 amide bonds. The Labute approximate surface area is 380 Å². The van der Waals surface area contributed by atoms with Crippen LogP contribution < -0.4 is 31.1 Å². The number of primary amides is 1. The molecule has 15 nitrogen and oxygen atoms in total. The van der Waals surface area contributed by atoms with Gasteiger partial charge in [-0.25, -0.2) is 0 Å². The maximum absolute atomic E-state index is 13.4. The number of nitrogens with zero attached hydrogens (tertiary/aromatic N) is 5. The van der Waals surface area contributed by atoms with Gasteiger partial charge in [0.25, 0.3) is 5.91 Å². The van der Waals surface area contributed by atoms with Gasteiger partial charge in [0.15, 0.2) is 6.29 Å². The molecule has 7 rings (SSSR count). The van der Waals surface area contributed by atoms with Crippen molar-refractivity contribution in [2.45, 2.75) is 71.9 Å². The van der Waals surface area contributed by atoms with Gasteiger partial charge >= 0.3 is 0 Å². The highest BCUT2D eigenvalue weighted by molar-refractivity contribution is 6.03. The number of aromatic amines is 1. The van der Waals surface area contributed by atoms with E-state index in [9.17, 15) is 34.0 Å². The molecule has 4 N–H and O–H groups in total. The fourth-order valence-corrected chi connectivity index (χ4v) is 10.0. The Morgan fingerprint density at radius 2 is 1.57 bits per heavy atom. The number of hydrogen-bond donors (Lipinski definition) is 3. The zero-order chi connectivity index (χ0) is 47.1. The summed E-state index contributed by atoms with van der Waals surface area (Å²) in [5, 5.41) is 12.5. The van der Waals surface area contributed by atoms with Crippen molar-refractivity contribution in [2.75, 3.05) is 69.7 Å². The molecule has 3 heterocycles. The van der Waals surface area contributed by atoms with Crippen LogP contribution in [0.5, 0.6) is 5.75 Å². The summed E-state index contributed by atoms with van der Waals surface area (Å²) in [5.41, 5.74) is 9.40. The largest absolute Gasteiger partial charge is 0.489 e. The number of benzene rings is 3. The molecule has 4 aromatic rings. The number of piperazine rings is 1. The van der Waals surface area contributed by atoms with Crippen LogP contribution in [-0.4, -0.2) is 117 Å². The standard InChI is InChI=1S/C32H42N6O5.C18H20N2O2/c1-34-30(41)10-9-28(22-40)35(2)32(43)29-19-27(8-5-25(29)21-39)38-17-15-36(16-18-38)20-23-11-13-37(14-12-23)26-6-3-24(4-7-26)31(33)42;1-17(2)10-18(3,4)16(17)22-13-7-5-11(9-19)15-12(13)6-8-14(21)20-15/h3-8,19,21-23,28H,9-18,20H2,1-2H3,(H2,33,42)(H,34,41);5-8,16H,10H2,1-4H3,(H,20,21). The number of piperidine rings is 1. The lowest BCUT2D eigenvalue weighted by molar-refractivity contribution is -0.133. The molecule has 1 saturated carbocycles. The van der Waals surface area contributed by atoms with Crippen molar-refractivity contribution in [3.8, 4) is 11.8 Å². The lowest BCUT2D eigenvalue weighted by Crippen LogP contribution is -2.58. The minimum Gasteiger partial charge on any atom is -0.489 e. The Balaban J connectivity index is 0.000000265. The molecule has 0 spiro atoms. The molecular formula is C50H62N8O7. The number of anilines is 2. The first-order valence-corrected chi connectivity index (χ1v) is 22.4. The van der Waals surface area contributed by atoms with Gasteiger partial charge in [-0.15, -0.1) is 0 Å². The minimum absolute atomic E-state index is 0.100. The quantitative estimate of drug-likeness (QED) is 0.137. The Bertz CT molecular complexity index is 2460. The van der Waals surface area contributed by atoms with E-state index in [1.807, 2.05) is 24.3 Å². The summed E-state index contributed by atoms with van der Waals surface area (Å²) in [7, 11) is 3.05. The molecule has 1 unspecified atom stereocenters. The Kier molecular flexibility index (Phi) is 15.1. The number of likely N-dealkylation sites (N-methyl/N-ethyl adjacent to an activating group) is 1. The molecule has 3 aromatic carbocycles. The summed E-state index contributed by atoms with van der Waals surface area (Å²) in [6.45, 7) is 15.2.